The van der Waals surface area contributed by atoms with E-state index in [0.29, 0.717) is 22.6 Å². The maximum atomic E-state index is 14.0. The Morgan fingerprint density at radius 2 is 1.67 bits per heavy atom. The Morgan fingerprint density at radius 3 is 2.17 bits per heavy atom. The maximum Gasteiger partial charge on any atom is 0.328 e. The van der Waals surface area contributed by atoms with Gasteiger partial charge in [-0.15, -0.1) is 0 Å². The summed E-state index contributed by atoms with van der Waals surface area (Å²) in [7, 11) is 0. The molecule has 9 nitrogen and oxygen atoms in total. The van der Waals surface area contributed by atoms with Crippen LogP contribution in [0.15, 0.2) is 12.1 Å². The number of benzene rings is 1. The van der Waals surface area contributed by atoms with Gasteiger partial charge < -0.3 is 10.3 Å². The molecule has 1 aliphatic rings. The summed E-state index contributed by atoms with van der Waals surface area (Å²) in [6, 6.07) is 0.0479. The van der Waals surface area contributed by atoms with Crippen LogP contribution in [0.25, 0.3) is 0 Å². The van der Waals surface area contributed by atoms with Crippen LogP contribution in [-0.4, -0.2) is 34.1 Å². The van der Waals surface area contributed by atoms with E-state index >= 15 is 0 Å². The van der Waals surface area contributed by atoms with Crippen LogP contribution in [0.5, 0.6) is 0 Å². The SMILES string of the molecule is Cc1c(C)[n+]([O-])c(C(c2cc(F)c(F)c(F)c2)C2C(=O)NC(=O)NC2=O)n1CCO. The molecule has 4 amide bonds. The molecule has 1 aromatic heterocycles. The third kappa shape index (κ3) is 3.38. The molecule has 0 bridgehead atoms. The number of rotatable bonds is 5. The van der Waals surface area contributed by atoms with Gasteiger partial charge in [-0.3, -0.25) is 20.2 Å². The number of carbonyl (C=O) groups is 3. The summed E-state index contributed by atoms with van der Waals surface area (Å²) in [5.41, 5.74) is 0.145. The fraction of sp³-hybridized carbons (Fsp3) is 0.333. The average Bonchev–Trinajstić information content (AvgIpc) is 2.86. The van der Waals surface area contributed by atoms with Crippen molar-refractivity contribution in [3.63, 3.8) is 0 Å². The molecule has 12 heteroatoms. The summed E-state index contributed by atoms with van der Waals surface area (Å²) in [6.45, 7) is 2.42. The highest BCUT2D eigenvalue weighted by Gasteiger charge is 2.47. The first-order valence-electron chi connectivity index (χ1n) is 8.78. The number of imide groups is 2. The molecule has 1 saturated heterocycles. The van der Waals surface area contributed by atoms with E-state index in [1.54, 1.807) is 0 Å². The first kappa shape index (κ1) is 21.3. The molecule has 0 aliphatic carbocycles. The molecule has 3 N–H and O–H groups in total. The number of hydrogen-bond acceptors (Lipinski definition) is 5. The minimum absolute atomic E-state index is 0.130. The lowest BCUT2D eigenvalue weighted by atomic mass is 9.82. The zero-order valence-corrected chi connectivity index (χ0v) is 15.8. The number of nitrogens with zero attached hydrogens (tertiary/aromatic N) is 2. The highest BCUT2D eigenvalue weighted by atomic mass is 19.2. The highest BCUT2D eigenvalue weighted by molar-refractivity contribution is 6.16. The molecule has 1 unspecified atom stereocenters. The Bertz CT molecular complexity index is 1030. The Labute approximate surface area is 167 Å². The molecule has 2 heterocycles. The summed E-state index contributed by atoms with van der Waals surface area (Å²) < 4.78 is 43.1. The smallest absolute Gasteiger partial charge is 0.328 e. The van der Waals surface area contributed by atoms with Gasteiger partial charge in [-0.1, -0.05) is 0 Å². The molecule has 1 aromatic carbocycles. The Balaban J connectivity index is 2.32. The van der Waals surface area contributed by atoms with E-state index in [2.05, 4.69) is 0 Å². The molecule has 2 aromatic rings. The van der Waals surface area contributed by atoms with Crippen LogP contribution in [0.1, 0.15) is 28.7 Å². The quantitative estimate of drug-likeness (QED) is 0.274. The third-order valence-corrected chi connectivity index (χ3v) is 5.06. The van der Waals surface area contributed by atoms with E-state index < -0.39 is 53.7 Å². The fourth-order valence-corrected chi connectivity index (χ4v) is 3.55. The Hall–Kier alpha value is -3.41. The number of aliphatic hydroxyl groups is 1. The standard InChI is InChI=1S/C18H17F3N4O5/c1-7-8(2)25(30)17(24(7)3-4-26)12(9-5-10(19)14(21)11(20)6-9)13-15(27)22-18(29)23-16(13)28/h5-6,12-13,26H,3-4H2,1-2H3,(H2,22,23,27,28,29). The number of hydrogen-bond donors (Lipinski definition) is 3. The van der Waals surface area contributed by atoms with Crippen molar-refractivity contribution >= 4 is 17.8 Å². The van der Waals surface area contributed by atoms with Gasteiger partial charge in [0, 0.05) is 13.8 Å². The molecule has 0 radical (unpaired) electrons. The monoisotopic (exact) mass is 426 g/mol. The first-order chi connectivity index (χ1) is 14.1. The molecule has 3 rings (SSSR count). The highest BCUT2D eigenvalue weighted by Crippen LogP contribution is 2.35. The van der Waals surface area contributed by atoms with Crippen LogP contribution < -0.4 is 15.4 Å². The lowest BCUT2D eigenvalue weighted by Crippen LogP contribution is -2.58. The summed E-state index contributed by atoms with van der Waals surface area (Å²) in [5, 5.41) is 26.0. The van der Waals surface area contributed by atoms with Gasteiger partial charge in [-0.2, -0.15) is 0 Å². The molecule has 1 aliphatic heterocycles. The van der Waals surface area contributed by atoms with Crippen molar-refractivity contribution in [2.45, 2.75) is 26.3 Å². The number of urea groups is 1. The van der Waals surface area contributed by atoms with Crippen molar-refractivity contribution in [3.05, 3.63) is 57.6 Å². The van der Waals surface area contributed by atoms with E-state index in [4.69, 9.17) is 0 Å². The predicted octanol–water partition coefficient (Wildman–Crippen LogP) is 0.262. The van der Waals surface area contributed by atoms with Gasteiger partial charge in [0.2, 0.25) is 11.8 Å². The topological polar surface area (TPSA) is 127 Å². The molecular weight excluding hydrogens is 409 g/mol. The van der Waals surface area contributed by atoms with Crippen LogP contribution >= 0.6 is 0 Å². The van der Waals surface area contributed by atoms with Crippen molar-refractivity contribution in [2.75, 3.05) is 6.61 Å². The van der Waals surface area contributed by atoms with Gasteiger partial charge >= 0.3 is 6.03 Å². The number of barbiturate groups is 1. The number of nitrogens with one attached hydrogen (secondary N) is 2. The lowest BCUT2D eigenvalue weighted by molar-refractivity contribution is -0.621. The van der Waals surface area contributed by atoms with E-state index in [0.717, 1.165) is 0 Å². The van der Waals surface area contributed by atoms with Gasteiger partial charge in [-0.25, -0.2) is 27.3 Å². The molecule has 160 valence electrons. The number of amides is 4. The van der Waals surface area contributed by atoms with Crippen molar-refractivity contribution in [1.29, 1.82) is 0 Å². The molecule has 1 fully saturated rings. The second-order valence-electron chi connectivity index (χ2n) is 6.76. The zero-order valence-electron chi connectivity index (χ0n) is 15.8. The van der Waals surface area contributed by atoms with Crippen molar-refractivity contribution in [1.82, 2.24) is 15.2 Å². The summed E-state index contributed by atoms with van der Waals surface area (Å²) in [6.07, 6.45) is 0. The normalized spacial score (nSPS) is 15.9. The fourth-order valence-electron chi connectivity index (χ4n) is 3.55. The number of aliphatic hydroxyl groups excluding tert-OH is 1. The number of aromatic nitrogens is 2. The van der Waals surface area contributed by atoms with E-state index in [9.17, 15) is 37.9 Å². The second-order valence-corrected chi connectivity index (χ2v) is 6.76. The molecule has 1 atom stereocenters. The maximum absolute atomic E-state index is 14.0. The largest absolute Gasteiger partial charge is 0.711 e. The summed E-state index contributed by atoms with van der Waals surface area (Å²) >= 11 is 0. The van der Waals surface area contributed by atoms with Crippen LogP contribution in [0.4, 0.5) is 18.0 Å². The van der Waals surface area contributed by atoms with E-state index in [-0.39, 0.29) is 23.6 Å². The van der Waals surface area contributed by atoms with Crippen LogP contribution in [0.3, 0.4) is 0 Å². The molecule has 0 spiro atoms. The second kappa shape index (κ2) is 7.78. The lowest BCUT2D eigenvalue weighted by Gasteiger charge is -2.27. The zero-order chi connectivity index (χ0) is 22.3. The average molecular weight is 426 g/mol. The van der Waals surface area contributed by atoms with Crippen LogP contribution in [0.2, 0.25) is 0 Å². The van der Waals surface area contributed by atoms with E-state index in [1.807, 2.05) is 10.6 Å². The third-order valence-electron chi connectivity index (χ3n) is 5.06. The summed E-state index contributed by atoms with van der Waals surface area (Å²) in [4.78, 5) is 36.4. The minimum Gasteiger partial charge on any atom is -0.711 e. The van der Waals surface area contributed by atoms with Crippen molar-refractivity contribution < 1.29 is 37.4 Å². The summed E-state index contributed by atoms with van der Waals surface area (Å²) in [5.74, 6) is -10.8. The Kier molecular flexibility index (Phi) is 5.53. The number of halogens is 3. The van der Waals surface area contributed by atoms with Gasteiger partial charge in [0.15, 0.2) is 17.5 Å². The van der Waals surface area contributed by atoms with Crippen molar-refractivity contribution in [2.24, 2.45) is 5.92 Å². The first-order valence-corrected chi connectivity index (χ1v) is 8.78. The molecule has 30 heavy (non-hydrogen) atoms. The van der Waals surface area contributed by atoms with Crippen molar-refractivity contribution in [3.8, 4) is 0 Å². The Morgan fingerprint density at radius 1 is 1.13 bits per heavy atom. The van der Waals surface area contributed by atoms with Gasteiger partial charge in [0.05, 0.1) is 6.61 Å². The van der Waals surface area contributed by atoms with Crippen LogP contribution in [-0.2, 0) is 16.1 Å². The molecular formula is C18H17F3N4O5. The van der Waals surface area contributed by atoms with Gasteiger partial charge in [0.1, 0.15) is 29.8 Å². The van der Waals surface area contributed by atoms with E-state index in [1.165, 1.54) is 18.4 Å². The predicted molar refractivity (Wildman–Crippen MR) is 93.3 cm³/mol. The number of carbonyl (C=O) groups excluding carboxylic acids is 3. The van der Waals surface area contributed by atoms with Gasteiger partial charge in [-0.05, 0) is 17.7 Å². The minimum atomic E-state index is -1.78. The molecule has 0 saturated carbocycles. The van der Waals surface area contributed by atoms with Gasteiger partial charge in [0.25, 0.3) is 5.82 Å². The number of imidazole rings is 1. The van der Waals surface area contributed by atoms with Crippen LogP contribution in [0, 0.1) is 42.4 Å².